The van der Waals surface area contributed by atoms with Crippen LogP contribution in [0.2, 0.25) is 0 Å². The lowest BCUT2D eigenvalue weighted by molar-refractivity contribution is -0.137. The number of benzene rings is 1. The van der Waals surface area contributed by atoms with E-state index in [0.29, 0.717) is 5.92 Å². The summed E-state index contributed by atoms with van der Waals surface area (Å²) in [5.41, 5.74) is 1.08. The Labute approximate surface area is 123 Å². The van der Waals surface area contributed by atoms with Crippen LogP contribution in [0.1, 0.15) is 43.2 Å². The van der Waals surface area contributed by atoms with Gasteiger partial charge in [0.25, 0.3) is 6.43 Å². The molecule has 1 aromatic rings. The van der Waals surface area contributed by atoms with Gasteiger partial charge in [-0.3, -0.25) is 9.69 Å². The van der Waals surface area contributed by atoms with E-state index in [0.717, 1.165) is 44.5 Å². The molecule has 3 nitrogen and oxygen atoms in total. The Kier molecular flexibility index (Phi) is 5.67. The largest absolute Gasteiger partial charge is 0.481 e. The van der Waals surface area contributed by atoms with Gasteiger partial charge < -0.3 is 5.11 Å². The summed E-state index contributed by atoms with van der Waals surface area (Å²) in [6, 6.07) is 6.46. The third kappa shape index (κ3) is 5.08. The van der Waals surface area contributed by atoms with E-state index < -0.39 is 12.4 Å². The summed E-state index contributed by atoms with van der Waals surface area (Å²) in [5, 5.41) is 8.74. The second-order valence-electron chi connectivity index (χ2n) is 5.72. The highest BCUT2D eigenvalue weighted by atomic mass is 19.3. The third-order valence-electron chi connectivity index (χ3n) is 4.01. The highest BCUT2D eigenvalue weighted by molar-refractivity contribution is 5.66. The van der Waals surface area contributed by atoms with Crippen molar-refractivity contribution in [2.75, 3.05) is 13.1 Å². The van der Waals surface area contributed by atoms with Crippen LogP contribution < -0.4 is 0 Å². The number of hydrogen-bond acceptors (Lipinski definition) is 2. The minimum atomic E-state index is -2.42. The number of carbonyl (C=O) groups is 1. The number of halogens is 2. The first-order chi connectivity index (χ1) is 10.0. The summed E-state index contributed by atoms with van der Waals surface area (Å²) in [7, 11) is 0. The molecule has 1 unspecified atom stereocenters. The zero-order chi connectivity index (χ0) is 15.2. The fourth-order valence-corrected chi connectivity index (χ4v) is 2.88. The molecule has 5 heteroatoms. The Hall–Kier alpha value is -1.49. The molecular formula is C16H21F2NO2. The topological polar surface area (TPSA) is 40.5 Å². The van der Waals surface area contributed by atoms with E-state index in [-0.39, 0.29) is 12.0 Å². The second-order valence-corrected chi connectivity index (χ2v) is 5.72. The van der Waals surface area contributed by atoms with Crippen LogP contribution >= 0.6 is 0 Å². The van der Waals surface area contributed by atoms with Gasteiger partial charge in [0.05, 0.1) is 0 Å². The first-order valence-electron chi connectivity index (χ1n) is 7.35. The van der Waals surface area contributed by atoms with Gasteiger partial charge in [-0.1, -0.05) is 24.3 Å². The number of likely N-dealkylation sites (tertiary alicyclic amines) is 1. The average Bonchev–Trinajstić information content (AvgIpc) is 2.46. The van der Waals surface area contributed by atoms with Crippen LogP contribution in [0.5, 0.6) is 0 Å². The molecular weight excluding hydrogens is 276 g/mol. The van der Waals surface area contributed by atoms with Crippen molar-refractivity contribution in [1.29, 1.82) is 0 Å². The fraction of sp³-hybridized carbons (Fsp3) is 0.562. The number of carboxylic acids is 1. The highest BCUT2D eigenvalue weighted by Gasteiger charge is 2.20. The van der Waals surface area contributed by atoms with E-state index in [9.17, 15) is 13.6 Å². The van der Waals surface area contributed by atoms with Crippen molar-refractivity contribution in [3.63, 3.8) is 0 Å². The van der Waals surface area contributed by atoms with E-state index in [2.05, 4.69) is 4.90 Å². The van der Waals surface area contributed by atoms with Gasteiger partial charge in [0.1, 0.15) is 0 Å². The number of hydrogen-bond donors (Lipinski definition) is 1. The SMILES string of the molecule is O=C(O)CCC1CCCN(Cc2ccc(C(F)F)cc2)C1. The van der Waals surface area contributed by atoms with Gasteiger partial charge in [0.15, 0.2) is 0 Å². The summed E-state index contributed by atoms with van der Waals surface area (Å²) >= 11 is 0. The summed E-state index contributed by atoms with van der Waals surface area (Å²) < 4.78 is 25.0. The van der Waals surface area contributed by atoms with Crippen LogP contribution in [0.25, 0.3) is 0 Å². The number of piperidine rings is 1. The maximum atomic E-state index is 12.5. The lowest BCUT2D eigenvalue weighted by atomic mass is 9.93. The Bertz CT molecular complexity index is 462. The number of aliphatic carboxylic acids is 1. The molecule has 0 radical (unpaired) electrons. The molecule has 21 heavy (non-hydrogen) atoms. The van der Waals surface area contributed by atoms with Crippen molar-refractivity contribution in [3.8, 4) is 0 Å². The molecule has 1 fully saturated rings. The molecule has 1 aliphatic rings. The lowest BCUT2D eigenvalue weighted by Crippen LogP contribution is -2.35. The molecule has 1 N–H and O–H groups in total. The molecule has 1 aromatic carbocycles. The van der Waals surface area contributed by atoms with Gasteiger partial charge in [0, 0.05) is 25.1 Å². The molecule has 0 spiro atoms. The molecule has 0 aliphatic carbocycles. The Morgan fingerprint density at radius 3 is 2.67 bits per heavy atom. The second kappa shape index (κ2) is 7.50. The van der Waals surface area contributed by atoms with Gasteiger partial charge >= 0.3 is 5.97 Å². The monoisotopic (exact) mass is 297 g/mol. The summed E-state index contributed by atoms with van der Waals surface area (Å²) in [4.78, 5) is 12.9. The minimum Gasteiger partial charge on any atom is -0.481 e. The minimum absolute atomic E-state index is 0.0525. The number of carboxylic acid groups (broad SMARTS) is 1. The Balaban J connectivity index is 1.85. The van der Waals surface area contributed by atoms with Crippen LogP contribution in [0.15, 0.2) is 24.3 Å². The van der Waals surface area contributed by atoms with Gasteiger partial charge in [-0.2, -0.15) is 0 Å². The maximum Gasteiger partial charge on any atom is 0.303 e. The van der Waals surface area contributed by atoms with E-state index in [4.69, 9.17) is 5.11 Å². The van der Waals surface area contributed by atoms with E-state index in [1.807, 2.05) is 0 Å². The van der Waals surface area contributed by atoms with Crippen molar-refractivity contribution >= 4 is 5.97 Å². The molecule has 1 saturated heterocycles. The van der Waals surface area contributed by atoms with E-state index in [1.165, 1.54) is 12.1 Å². The molecule has 2 rings (SSSR count). The zero-order valence-electron chi connectivity index (χ0n) is 12.0. The van der Waals surface area contributed by atoms with E-state index in [1.54, 1.807) is 12.1 Å². The molecule has 1 heterocycles. The van der Waals surface area contributed by atoms with Crippen LogP contribution in [0.4, 0.5) is 8.78 Å². The zero-order valence-corrected chi connectivity index (χ0v) is 12.0. The average molecular weight is 297 g/mol. The first-order valence-corrected chi connectivity index (χ1v) is 7.35. The van der Waals surface area contributed by atoms with Gasteiger partial charge in [0.2, 0.25) is 0 Å². The van der Waals surface area contributed by atoms with Crippen molar-refractivity contribution in [3.05, 3.63) is 35.4 Å². The van der Waals surface area contributed by atoms with Crippen LogP contribution in [0.3, 0.4) is 0 Å². The van der Waals surface area contributed by atoms with Crippen molar-refractivity contribution < 1.29 is 18.7 Å². The first kappa shape index (κ1) is 15.9. The fourth-order valence-electron chi connectivity index (χ4n) is 2.88. The summed E-state index contributed by atoms with van der Waals surface area (Å²) in [5.74, 6) is -0.315. The molecule has 116 valence electrons. The van der Waals surface area contributed by atoms with Crippen LogP contribution in [-0.4, -0.2) is 29.1 Å². The summed E-state index contributed by atoms with van der Waals surface area (Å²) in [6.07, 6.45) is 0.667. The molecule has 1 aliphatic heterocycles. The Morgan fingerprint density at radius 1 is 1.33 bits per heavy atom. The van der Waals surface area contributed by atoms with Gasteiger partial charge in [-0.25, -0.2) is 8.78 Å². The van der Waals surface area contributed by atoms with Crippen molar-refractivity contribution in [1.82, 2.24) is 4.90 Å². The molecule has 0 amide bonds. The lowest BCUT2D eigenvalue weighted by Gasteiger charge is -2.32. The quantitative estimate of drug-likeness (QED) is 0.870. The smallest absolute Gasteiger partial charge is 0.303 e. The van der Waals surface area contributed by atoms with E-state index >= 15 is 0 Å². The standard InChI is InChI=1S/C16H21F2NO2/c17-16(18)14-6-3-13(4-7-14)11-19-9-1-2-12(10-19)5-8-15(20)21/h3-4,6-7,12,16H,1-2,5,8-11H2,(H,20,21). The number of alkyl halides is 2. The van der Waals surface area contributed by atoms with Crippen molar-refractivity contribution in [2.45, 2.75) is 38.7 Å². The maximum absolute atomic E-state index is 12.5. The normalized spacial score (nSPS) is 19.9. The van der Waals surface area contributed by atoms with Gasteiger partial charge in [-0.15, -0.1) is 0 Å². The predicted octanol–water partition coefficient (Wildman–Crippen LogP) is 3.70. The van der Waals surface area contributed by atoms with Crippen molar-refractivity contribution in [2.24, 2.45) is 5.92 Å². The Morgan fingerprint density at radius 2 is 2.05 bits per heavy atom. The predicted molar refractivity (Wildman–Crippen MR) is 76.3 cm³/mol. The van der Waals surface area contributed by atoms with Crippen LogP contribution in [0, 0.1) is 5.92 Å². The third-order valence-corrected chi connectivity index (χ3v) is 4.01. The number of nitrogens with zero attached hydrogens (tertiary/aromatic N) is 1. The molecule has 0 bridgehead atoms. The highest BCUT2D eigenvalue weighted by Crippen LogP contribution is 2.23. The molecule has 0 saturated carbocycles. The van der Waals surface area contributed by atoms with Gasteiger partial charge in [-0.05, 0) is 37.3 Å². The number of rotatable bonds is 6. The van der Waals surface area contributed by atoms with Crippen LogP contribution in [-0.2, 0) is 11.3 Å². The summed E-state index contributed by atoms with van der Waals surface area (Å²) in [6.45, 7) is 2.62. The molecule has 1 atom stereocenters. The molecule has 0 aromatic heterocycles.